The number of carboxylic acids is 1. The summed E-state index contributed by atoms with van der Waals surface area (Å²) >= 11 is 0. The molecule has 1 N–H and O–H groups in total. The van der Waals surface area contributed by atoms with Crippen LogP contribution in [0.15, 0.2) is 4.52 Å². The standard InChI is InChI=1S/C12H16N2O4/c1-7-10(8(2)18-13-7)6-14-5-9(12(16)17)3-4-11(14)15/h9H,3-6H2,1-2H3,(H,16,17). The van der Waals surface area contributed by atoms with Crippen molar-refractivity contribution >= 4 is 11.9 Å². The Balaban J connectivity index is 2.12. The monoisotopic (exact) mass is 252 g/mol. The fourth-order valence-electron chi connectivity index (χ4n) is 2.19. The summed E-state index contributed by atoms with van der Waals surface area (Å²) in [6.07, 6.45) is 0.715. The second-order valence-electron chi connectivity index (χ2n) is 4.65. The number of carbonyl (C=O) groups is 2. The number of rotatable bonds is 3. The predicted octanol–water partition coefficient (Wildman–Crippen LogP) is 1.11. The van der Waals surface area contributed by atoms with Gasteiger partial charge in [-0.25, -0.2) is 0 Å². The van der Waals surface area contributed by atoms with Crippen LogP contribution in [0.25, 0.3) is 0 Å². The van der Waals surface area contributed by atoms with Crippen molar-refractivity contribution in [2.45, 2.75) is 33.2 Å². The molecule has 1 fully saturated rings. The molecule has 1 atom stereocenters. The van der Waals surface area contributed by atoms with E-state index in [0.29, 0.717) is 25.1 Å². The fourth-order valence-corrected chi connectivity index (χ4v) is 2.19. The van der Waals surface area contributed by atoms with Crippen molar-refractivity contribution in [2.24, 2.45) is 5.92 Å². The molecule has 0 bridgehead atoms. The van der Waals surface area contributed by atoms with Gasteiger partial charge in [0.05, 0.1) is 18.2 Å². The van der Waals surface area contributed by atoms with Gasteiger partial charge in [-0.1, -0.05) is 5.16 Å². The van der Waals surface area contributed by atoms with Crippen molar-refractivity contribution in [3.8, 4) is 0 Å². The quantitative estimate of drug-likeness (QED) is 0.871. The van der Waals surface area contributed by atoms with E-state index in [1.54, 1.807) is 11.8 Å². The van der Waals surface area contributed by atoms with Gasteiger partial charge < -0.3 is 14.5 Å². The second kappa shape index (κ2) is 4.80. The summed E-state index contributed by atoms with van der Waals surface area (Å²) in [5, 5.41) is 12.8. The van der Waals surface area contributed by atoms with Gasteiger partial charge in [0, 0.05) is 18.5 Å². The molecular formula is C12H16N2O4. The second-order valence-corrected chi connectivity index (χ2v) is 4.65. The van der Waals surface area contributed by atoms with Gasteiger partial charge in [0.2, 0.25) is 5.91 Å². The van der Waals surface area contributed by atoms with E-state index in [2.05, 4.69) is 5.16 Å². The maximum absolute atomic E-state index is 11.8. The largest absolute Gasteiger partial charge is 0.481 e. The van der Waals surface area contributed by atoms with Crippen molar-refractivity contribution in [3.63, 3.8) is 0 Å². The van der Waals surface area contributed by atoms with Crippen LogP contribution in [-0.2, 0) is 16.1 Å². The van der Waals surface area contributed by atoms with Crippen molar-refractivity contribution in [3.05, 3.63) is 17.0 Å². The minimum Gasteiger partial charge on any atom is -0.481 e. The fraction of sp³-hybridized carbons (Fsp3) is 0.583. The van der Waals surface area contributed by atoms with E-state index in [1.165, 1.54) is 0 Å². The molecule has 2 heterocycles. The zero-order chi connectivity index (χ0) is 13.3. The molecule has 1 aromatic rings. The number of nitrogens with zero attached hydrogens (tertiary/aromatic N) is 2. The number of piperidine rings is 1. The highest BCUT2D eigenvalue weighted by atomic mass is 16.5. The number of aryl methyl sites for hydroxylation is 2. The first-order valence-electron chi connectivity index (χ1n) is 5.91. The molecule has 0 saturated carbocycles. The summed E-state index contributed by atoms with van der Waals surface area (Å²) in [7, 11) is 0. The Hall–Kier alpha value is -1.85. The highest BCUT2D eigenvalue weighted by Crippen LogP contribution is 2.22. The van der Waals surface area contributed by atoms with Gasteiger partial charge in [-0.05, 0) is 20.3 Å². The van der Waals surface area contributed by atoms with Crippen molar-refractivity contribution in [1.29, 1.82) is 0 Å². The van der Waals surface area contributed by atoms with E-state index in [0.717, 1.165) is 11.3 Å². The molecule has 6 nitrogen and oxygen atoms in total. The third-order valence-corrected chi connectivity index (χ3v) is 3.38. The van der Waals surface area contributed by atoms with Gasteiger partial charge in [0.1, 0.15) is 5.76 Å². The molecule has 1 saturated heterocycles. The minimum atomic E-state index is -0.841. The van der Waals surface area contributed by atoms with Crippen LogP contribution < -0.4 is 0 Å². The summed E-state index contributed by atoms with van der Waals surface area (Å²) in [5.41, 5.74) is 1.62. The smallest absolute Gasteiger partial charge is 0.308 e. The van der Waals surface area contributed by atoms with Crippen LogP contribution >= 0.6 is 0 Å². The maximum atomic E-state index is 11.8. The van der Waals surface area contributed by atoms with E-state index in [1.807, 2.05) is 6.92 Å². The lowest BCUT2D eigenvalue weighted by atomic mass is 9.97. The zero-order valence-corrected chi connectivity index (χ0v) is 10.5. The maximum Gasteiger partial charge on any atom is 0.308 e. The molecule has 6 heteroatoms. The molecule has 98 valence electrons. The number of carboxylic acid groups (broad SMARTS) is 1. The minimum absolute atomic E-state index is 0.00694. The molecule has 1 aliphatic rings. The lowest BCUT2D eigenvalue weighted by molar-refractivity contribution is -0.147. The van der Waals surface area contributed by atoms with E-state index in [-0.39, 0.29) is 12.5 Å². The Bertz CT molecular complexity index is 461. The van der Waals surface area contributed by atoms with E-state index >= 15 is 0 Å². The molecule has 2 rings (SSSR count). The summed E-state index contributed by atoms with van der Waals surface area (Å²) in [4.78, 5) is 24.3. The first-order chi connectivity index (χ1) is 8.49. The van der Waals surface area contributed by atoms with Gasteiger partial charge in [-0.15, -0.1) is 0 Å². The van der Waals surface area contributed by atoms with Crippen LogP contribution in [0.5, 0.6) is 0 Å². The number of hydrogen-bond acceptors (Lipinski definition) is 4. The molecule has 0 radical (unpaired) electrons. The average Bonchev–Trinajstić information content (AvgIpc) is 2.63. The lowest BCUT2D eigenvalue weighted by Gasteiger charge is -2.30. The Morgan fingerprint density at radius 1 is 1.56 bits per heavy atom. The molecule has 18 heavy (non-hydrogen) atoms. The van der Waals surface area contributed by atoms with Crippen LogP contribution in [0, 0.1) is 19.8 Å². The Labute approximate surface area is 105 Å². The van der Waals surface area contributed by atoms with Crippen molar-refractivity contribution < 1.29 is 19.2 Å². The highest BCUT2D eigenvalue weighted by molar-refractivity contribution is 5.80. The predicted molar refractivity (Wildman–Crippen MR) is 61.8 cm³/mol. The Morgan fingerprint density at radius 2 is 2.28 bits per heavy atom. The first-order valence-corrected chi connectivity index (χ1v) is 5.91. The number of likely N-dealkylation sites (tertiary alicyclic amines) is 1. The summed E-state index contributed by atoms with van der Waals surface area (Å²) in [6.45, 7) is 4.25. The van der Waals surface area contributed by atoms with Crippen molar-refractivity contribution in [1.82, 2.24) is 10.1 Å². The third kappa shape index (κ3) is 2.37. The van der Waals surface area contributed by atoms with Crippen LogP contribution in [0.3, 0.4) is 0 Å². The Morgan fingerprint density at radius 3 is 2.83 bits per heavy atom. The molecule has 0 aliphatic carbocycles. The van der Waals surface area contributed by atoms with Crippen LogP contribution in [0.1, 0.15) is 29.9 Å². The van der Waals surface area contributed by atoms with Gasteiger partial charge in [0.15, 0.2) is 0 Å². The van der Waals surface area contributed by atoms with E-state index < -0.39 is 11.9 Å². The molecule has 1 amide bonds. The summed E-state index contributed by atoms with van der Waals surface area (Å²) < 4.78 is 5.04. The molecule has 1 aliphatic heterocycles. The van der Waals surface area contributed by atoms with Crippen LogP contribution in [0.2, 0.25) is 0 Å². The molecule has 1 unspecified atom stereocenters. The topological polar surface area (TPSA) is 83.6 Å². The average molecular weight is 252 g/mol. The number of hydrogen-bond donors (Lipinski definition) is 1. The number of carbonyl (C=O) groups excluding carboxylic acids is 1. The van der Waals surface area contributed by atoms with E-state index in [4.69, 9.17) is 9.63 Å². The number of amides is 1. The normalized spacial score (nSPS) is 20.2. The Kier molecular flexibility index (Phi) is 3.36. The van der Waals surface area contributed by atoms with Gasteiger partial charge in [-0.3, -0.25) is 9.59 Å². The molecule has 0 aromatic carbocycles. The van der Waals surface area contributed by atoms with Crippen LogP contribution in [-0.4, -0.2) is 33.6 Å². The van der Waals surface area contributed by atoms with Crippen molar-refractivity contribution in [2.75, 3.05) is 6.54 Å². The SMILES string of the molecule is Cc1noc(C)c1CN1CC(C(=O)O)CCC1=O. The molecular weight excluding hydrogens is 236 g/mol. The van der Waals surface area contributed by atoms with Gasteiger partial charge >= 0.3 is 5.97 Å². The van der Waals surface area contributed by atoms with E-state index in [9.17, 15) is 9.59 Å². The summed E-state index contributed by atoms with van der Waals surface area (Å²) in [6, 6.07) is 0. The lowest BCUT2D eigenvalue weighted by Crippen LogP contribution is -2.42. The summed E-state index contributed by atoms with van der Waals surface area (Å²) in [5.74, 6) is -0.639. The zero-order valence-electron chi connectivity index (χ0n) is 10.5. The van der Waals surface area contributed by atoms with Gasteiger partial charge in [-0.2, -0.15) is 0 Å². The highest BCUT2D eigenvalue weighted by Gasteiger charge is 2.30. The number of aromatic nitrogens is 1. The molecule has 0 spiro atoms. The van der Waals surface area contributed by atoms with Gasteiger partial charge in [0.25, 0.3) is 0 Å². The molecule has 1 aromatic heterocycles. The van der Waals surface area contributed by atoms with Crippen LogP contribution in [0.4, 0.5) is 0 Å². The first kappa shape index (κ1) is 12.6. The number of aliphatic carboxylic acids is 1. The third-order valence-electron chi connectivity index (χ3n) is 3.38.